The number of para-hydroxylation sites is 2. The topological polar surface area (TPSA) is 120 Å². The Morgan fingerprint density at radius 3 is 1.53 bits per heavy atom. The van der Waals surface area contributed by atoms with Crippen molar-refractivity contribution in [1.29, 1.82) is 0 Å². The number of nitro benzene ring substituents is 1. The van der Waals surface area contributed by atoms with Crippen molar-refractivity contribution in [2.45, 2.75) is 0 Å². The molecule has 0 aliphatic carbocycles. The maximum Gasteiger partial charge on any atom is 0.350 e. The number of nitrogens with zero attached hydrogens (tertiary/aromatic N) is 3. The van der Waals surface area contributed by atoms with Gasteiger partial charge in [-0.15, -0.1) is 0 Å². The molecule has 43 heavy (non-hydrogen) atoms. The number of nitro groups is 1. The molecule has 0 radical (unpaired) electrons. The van der Waals surface area contributed by atoms with E-state index in [9.17, 15) is 19.7 Å². The van der Waals surface area contributed by atoms with Gasteiger partial charge < -0.3 is 9.47 Å². The zero-order chi connectivity index (χ0) is 30.0. The van der Waals surface area contributed by atoms with Gasteiger partial charge in [0, 0.05) is 18.5 Å². The van der Waals surface area contributed by atoms with E-state index < -0.39 is 22.5 Å². The van der Waals surface area contributed by atoms with Gasteiger partial charge in [-0.05, 0) is 96.1 Å². The molecule has 0 heterocycles. The molecule has 0 unspecified atom stereocenters. The molecule has 0 spiro atoms. The number of aliphatic imine (C=N–C) groups is 2. The van der Waals surface area contributed by atoms with E-state index in [-0.39, 0.29) is 22.6 Å². The minimum absolute atomic E-state index is 0.0972. The molecule has 210 valence electrons. The van der Waals surface area contributed by atoms with Gasteiger partial charge in [-0.3, -0.25) is 20.1 Å². The van der Waals surface area contributed by atoms with Gasteiger partial charge in [-0.25, -0.2) is 9.59 Å². The summed E-state index contributed by atoms with van der Waals surface area (Å²) in [4.78, 5) is 45.3. The Morgan fingerprint density at radius 2 is 1.07 bits per heavy atom. The van der Waals surface area contributed by atoms with Gasteiger partial charge in [0.25, 0.3) is 5.69 Å². The van der Waals surface area contributed by atoms with E-state index in [0.717, 1.165) is 28.6 Å². The van der Waals surface area contributed by atoms with Crippen LogP contribution in [-0.4, -0.2) is 29.3 Å². The van der Waals surface area contributed by atoms with Crippen LogP contribution in [-0.2, 0) is 0 Å². The van der Waals surface area contributed by atoms with Crippen LogP contribution >= 0.6 is 0 Å². The van der Waals surface area contributed by atoms with E-state index in [1.807, 2.05) is 60.7 Å². The van der Waals surface area contributed by atoms with Crippen molar-refractivity contribution >= 4 is 41.4 Å². The third kappa shape index (κ3) is 7.71. The van der Waals surface area contributed by atoms with Crippen molar-refractivity contribution in [1.82, 2.24) is 0 Å². The second-order valence-electron chi connectivity index (χ2n) is 9.09. The number of benzene rings is 5. The van der Waals surface area contributed by atoms with Crippen molar-refractivity contribution in [3.05, 3.63) is 160 Å². The zero-order valence-corrected chi connectivity index (χ0v) is 22.6. The lowest BCUT2D eigenvalue weighted by atomic mass is 10.1. The first-order valence-corrected chi connectivity index (χ1v) is 13.1. The lowest BCUT2D eigenvalue weighted by molar-refractivity contribution is -0.385. The fourth-order valence-corrected chi connectivity index (χ4v) is 3.88. The van der Waals surface area contributed by atoms with E-state index in [0.29, 0.717) is 0 Å². The maximum absolute atomic E-state index is 12.8. The minimum Gasteiger partial charge on any atom is -0.423 e. The van der Waals surface area contributed by atoms with Gasteiger partial charge in [-0.1, -0.05) is 36.4 Å². The molecular formula is C34H23N3O6. The maximum atomic E-state index is 12.8. The molecule has 0 aromatic heterocycles. The van der Waals surface area contributed by atoms with Crippen molar-refractivity contribution in [2.24, 2.45) is 9.98 Å². The normalized spacial score (nSPS) is 11.0. The average Bonchev–Trinajstić information content (AvgIpc) is 3.04. The Balaban J connectivity index is 1.23. The van der Waals surface area contributed by atoms with E-state index in [1.54, 1.807) is 61.0 Å². The summed E-state index contributed by atoms with van der Waals surface area (Å²) in [6.07, 6.45) is 3.34. The molecule has 0 atom stereocenters. The Labute approximate surface area is 246 Å². The third-order valence-electron chi connectivity index (χ3n) is 6.07. The summed E-state index contributed by atoms with van der Waals surface area (Å²) in [6.45, 7) is 0. The zero-order valence-electron chi connectivity index (χ0n) is 22.6. The largest absolute Gasteiger partial charge is 0.423 e. The van der Waals surface area contributed by atoms with Crippen LogP contribution < -0.4 is 9.47 Å². The highest BCUT2D eigenvalue weighted by Gasteiger charge is 2.25. The quantitative estimate of drug-likeness (QED) is 0.0595. The highest BCUT2D eigenvalue weighted by molar-refractivity contribution is 5.98. The molecule has 0 saturated carbocycles. The number of hydrogen-bond donors (Lipinski definition) is 0. The molecule has 0 aliphatic heterocycles. The molecular weight excluding hydrogens is 546 g/mol. The van der Waals surface area contributed by atoms with Crippen molar-refractivity contribution in [2.75, 3.05) is 0 Å². The van der Waals surface area contributed by atoms with Crippen LogP contribution in [0.5, 0.6) is 11.5 Å². The summed E-state index contributed by atoms with van der Waals surface area (Å²) in [5.74, 6) is -1.33. The standard InChI is InChI=1S/C34H23N3O6/c38-33(42-29-16-11-24(12-17-29)22-35-27-7-3-1-4-8-27)26-15-20-31(32(21-26)37(40)41)34(39)43-30-18-13-25(14-19-30)23-36-28-9-5-2-6-10-28/h1-23H. The first-order valence-electron chi connectivity index (χ1n) is 13.1. The molecule has 9 heteroatoms. The Hall–Kier alpha value is -6.22. The molecule has 0 amide bonds. The average molecular weight is 570 g/mol. The minimum atomic E-state index is -0.940. The molecule has 5 aromatic rings. The Bertz CT molecular complexity index is 1800. The molecule has 5 aromatic carbocycles. The third-order valence-corrected chi connectivity index (χ3v) is 6.07. The van der Waals surface area contributed by atoms with Gasteiger partial charge in [-0.2, -0.15) is 0 Å². The second-order valence-corrected chi connectivity index (χ2v) is 9.09. The Morgan fingerprint density at radius 1 is 0.605 bits per heavy atom. The number of carbonyl (C=O) groups excluding carboxylic acids is 2. The predicted octanol–water partition coefficient (Wildman–Crippen LogP) is 7.53. The van der Waals surface area contributed by atoms with Crippen LogP contribution in [0, 0.1) is 10.1 Å². The molecule has 0 aliphatic rings. The SMILES string of the molecule is O=C(Oc1ccc(C=Nc2ccccc2)cc1)c1ccc(C(=O)Oc2ccc(C=Nc3ccccc3)cc2)c([N+](=O)[O-])c1. The smallest absolute Gasteiger partial charge is 0.350 e. The van der Waals surface area contributed by atoms with Gasteiger partial charge in [0.1, 0.15) is 17.1 Å². The van der Waals surface area contributed by atoms with E-state index >= 15 is 0 Å². The van der Waals surface area contributed by atoms with E-state index in [4.69, 9.17) is 9.47 Å². The summed E-state index contributed by atoms with van der Waals surface area (Å²) >= 11 is 0. The van der Waals surface area contributed by atoms with Crippen molar-refractivity contribution in [3.63, 3.8) is 0 Å². The molecule has 0 fully saturated rings. The monoisotopic (exact) mass is 569 g/mol. The highest BCUT2D eigenvalue weighted by Crippen LogP contribution is 2.24. The second kappa shape index (κ2) is 13.4. The first-order chi connectivity index (χ1) is 20.9. The fraction of sp³-hybridized carbons (Fsp3) is 0. The lowest BCUT2D eigenvalue weighted by Gasteiger charge is -2.08. The number of esters is 2. The van der Waals surface area contributed by atoms with E-state index in [1.165, 1.54) is 12.1 Å². The van der Waals surface area contributed by atoms with Gasteiger partial charge in [0.2, 0.25) is 0 Å². The van der Waals surface area contributed by atoms with Crippen LogP contribution in [0.4, 0.5) is 17.1 Å². The van der Waals surface area contributed by atoms with Crippen LogP contribution in [0.25, 0.3) is 0 Å². The number of hydrogen-bond acceptors (Lipinski definition) is 8. The Kier molecular flexibility index (Phi) is 8.84. The van der Waals surface area contributed by atoms with Crippen LogP contribution in [0.1, 0.15) is 31.8 Å². The first kappa shape index (κ1) is 28.3. The molecule has 5 rings (SSSR count). The molecule has 0 N–H and O–H groups in total. The molecule has 0 bridgehead atoms. The van der Waals surface area contributed by atoms with Crippen LogP contribution in [0.15, 0.2) is 137 Å². The molecule has 9 nitrogen and oxygen atoms in total. The van der Waals surface area contributed by atoms with Gasteiger partial charge in [0.05, 0.1) is 21.9 Å². The number of carbonyl (C=O) groups is 2. The summed E-state index contributed by atoms with van der Waals surface area (Å²) in [5, 5.41) is 11.8. The van der Waals surface area contributed by atoms with Crippen LogP contribution in [0.3, 0.4) is 0 Å². The van der Waals surface area contributed by atoms with Crippen LogP contribution in [0.2, 0.25) is 0 Å². The van der Waals surface area contributed by atoms with Crippen molar-refractivity contribution in [3.8, 4) is 11.5 Å². The highest BCUT2D eigenvalue weighted by atomic mass is 16.6. The summed E-state index contributed by atoms with van der Waals surface area (Å²) in [6, 6.07) is 35.4. The summed E-state index contributed by atoms with van der Waals surface area (Å²) < 4.78 is 10.7. The summed E-state index contributed by atoms with van der Waals surface area (Å²) in [5.41, 5.74) is 2.16. The van der Waals surface area contributed by atoms with Crippen molar-refractivity contribution < 1.29 is 24.0 Å². The fourth-order valence-electron chi connectivity index (χ4n) is 3.88. The number of rotatable bonds is 9. The number of ether oxygens (including phenoxy) is 2. The van der Waals surface area contributed by atoms with Gasteiger partial charge >= 0.3 is 11.9 Å². The lowest BCUT2D eigenvalue weighted by Crippen LogP contribution is -2.14. The predicted molar refractivity (Wildman–Crippen MR) is 163 cm³/mol. The molecule has 0 saturated heterocycles. The van der Waals surface area contributed by atoms with Gasteiger partial charge in [0.15, 0.2) is 0 Å². The van der Waals surface area contributed by atoms with E-state index in [2.05, 4.69) is 9.98 Å². The summed E-state index contributed by atoms with van der Waals surface area (Å²) in [7, 11) is 0.